The van der Waals surface area contributed by atoms with E-state index in [-0.39, 0.29) is 27.1 Å². The van der Waals surface area contributed by atoms with Crippen LogP contribution in [0.4, 0.5) is 33.5 Å². The van der Waals surface area contributed by atoms with Crippen molar-refractivity contribution in [3.05, 3.63) is 51.6 Å². The number of carboxylic acids is 1. The smallest absolute Gasteiger partial charge is 0.433 e. The number of alkyl halides is 5. The molecule has 0 bridgehead atoms. The minimum atomic E-state index is -4.79. The average Bonchev–Trinajstić information content (AvgIpc) is 3.31. The van der Waals surface area contributed by atoms with Crippen LogP contribution in [-0.2, 0) is 26.1 Å². The lowest BCUT2D eigenvalue weighted by atomic mass is 9.83. The van der Waals surface area contributed by atoms with Crippen molar-refractivity contribution in [2.24, 2.45) is 5.92 Å². The molecule has 0 unspecified atom stereocenters. The molecular weight excluding hydrogens is 574 g/mol. The molecule has 4 rings (SSSR count). The van der Waals surface area contributed by atoms with Gasteiger partial charge in [-0.1, -0.05) is 36.2 Å². The van der Waals surface area contributed by atoms with E-state index in [9.17, 15) is 41.4 Å². The maximum Gasteiger partial charge on any atom is 0.433 e. The molecule has 1 fully saturated rings. The third kappa shape index (κ3) is 5.14. The van der Waals surface area contributed by atoms with Crippen molar-refractivity contribution in [2.75, 3.05) is 23.8 Å². The molecule has 2 aliphatic rings. The van der Waals surface area contributed by atoms with E-state index in [1.165, 1.54) is 19.1 Å². The number of amides is 2. The Labute approximate surface area is 228 Å². The van der Waals surface area contributed by atoms with Crippen LogP contribution >= 0.6 is 23.2 Å². The van der Waals surface area contributed by atoms with Crippen LogP contribution in [0.5, 0.6) is 0 Å². The summed E-state index contributed by atoms with van der Waals surface area (Å²) in [5.74, 6) is -8.46. The van der Waals surface area contributed by atoms with Crippen molar-refractivity contribution < 1.29 is 41.4 Å². The van der Waals surface area contributed by atoms with Gasteiger partial charge in [0.15, 0.2) is 0 Å². The molecule has 2 amide bonds. The van der Waals surface area contributed by atoms with Gasteiger partial charge < -0.3 is 10.4 Å². The SMILES string of the molecule is C[C@@H](C(=O)N(C)c1cccc(C(F)(F)F)n1)[C@H]1CC(F)(F)CN1[C@@]1(CC(=O)O)C(=O)Nc2c(Cl)cc(Cl)cc21. The van der Waals surface area contributed by atoms with Crippen LogP contribution < -0.4 is 10.2 Å². The Morgan fingerprint density at radius 1 is 1.28 bits per heavy atom. The predicted molar refractivity (Wildman–Crippen MR) is 131 cm³/mol. The molecule has 1 aromatic heterocycles. The highest BCUT2D eigenvalue weighted by Crippen LogP contribution is 2.52. The van der Waals surface area contributed by atoms with Crippen molar-refractivity contribution >= 4 is 52.5 Å². The average molecular weight is 595 g/mol. The lowest BCUT2D eigenvalue weighted by Gasteiger charge is -2.41. The molecule has 2 aliphatic heterocycles. The van der Waals surface area contributed by atoms with Crippen molar-refractivity contribution in [3.63, 3.8) is 0 Å². The molecule has 15 heteroatoms. The first-order valence-electron chi connectivity index (χ1n) is 11.5. The highest BCUT2D eigenvalue weighted by molar-refractivity contribution is 6.38. The van der Waals surface area contributed by atoms with E-state index >= 15 is 0 Å². The van der Waals surface area contributed by atoms with Crippen molar-refractivity contribution in [2.45, 2.75) is 43.4 Å². The summed E-state index contributed by atoms with van der Waals surface area (Å²) in [5.41, 5.74) is -3.50. The van der Waals surface area contributed by atoms with E-state index in [1.807, 2.05) is 0 Å². The molecule has 1 saturated heterocycles. The van der Waals surface area contributed by atoms with Crippen LogP contribution in [0.15, 0.2) is 30.3 Å². The highest BCUT2D eigenvalue weighted by Gasteiger charge is 2.62. The van der Waals surface area contributed by atoms with Gasteiger partial charge >= 0.3 is 12.1 Å². The normalized spacial score (nSPS) is 23.3. The number of benzene rings is 1. The number of halogens is 7. The summed E-state index contributed by atoms with van der Waals surface area (Å²) in [6, 6.07) is 4.05. The minimum absolute atomic E-state index is 0.00514. The van der Waals surface area contributed by atoms with Gasteiger partial charge in [0.05, 0.1) is 29.6 Å². The number of hydrogen-bond acceptors (Lipinski definition) is 5. The number of carbonyl (C=O) groups is 3. The quantitative estimate of drug-likeness (QED) is 0.454. The fourth-order valence-corrected chi connectivity index (χ4v) is 5.75. The molecule has 2 aromatic rings. The summed E-state index contributed by atoms with van der Waals surface area (Å²) in [6.45, 7) is 0.198. The van der Waals surface area contributed by atoms with Crippen LogP contribution in [0.2, 0.25) is 10.0 Å². The number of hydrogen-bond donors (Lipinski definition) is 2. The fourth-order valence-electron chi connectivity index (χ4n) is 5.21. The number of nitrogens with zero attached hydrogens (tertiary/aromatic N) is 3. The second-order valence-corrected chi connectivity index (χ2v) is 10.4. The number of nitrogens with one attached hydrogen (secondary N) is 1. The first kappa shape index (κ1) is 29.0. The first-order chi connectivity index (χ1) is 18.0. The van der Waals surface area contributed by atoms with Crippen LogP contribution in [0, 0.1) is 5.92 Å². The Bertz CT molecular complexity index is 1360. The number of carbonyl (C=O) groups excluding carboxylic acids is 2. The van der Waals surface area contributed by atoms with Crippen LogP contribution in [0.25, 0.3) is 0 Å². The van der Waals surface area contributed by atoms with Crippen molar-refractivity contribution in [1.82, 2.24) is 9.88 Å². The Balaban J connectivity index is 1.78. The fraction of sp³-hybridized carbons (Fsp3) is 0.417. The van der Waals surface area contributed by atoms with Gasteiger partial charge in [-0.2, -0.15) is 13.2 Å². The van der Waals surface area contributed by atoms with Gasteiger partial charge in [-0.3, -0.25) is 24.2 Å². The molecule has 2 N–H and O–H groups in total. The van der Waals surface area contributed by atoms with E-state index in [4.69, 9.17) is 23.2 Å². The number of pyridine rings is 1. The van der Waals surface area contributed by atoms with Crippen LogP contribution in [0.1, 0.15) is 31.0 Å². The second kappa shape index (κ2) is 9.86. The van der Waals surface area contributed by atoms with Gasteiger partial charge in [-0.25, -0.2) is 13.8 Å². The van der Waals surface area contributed by atoms with Gasteiger partial charge in [0, 0.05) is 30.1 Å². The van der Waals surface area contributed by atoms with Gasteiger partial charge in [-0.15, -0.1) is 0 Å². The zero-order chi connectivity index (χ0) is 29.1. The Hall–Kier alpha value is -3.03. The number of anilines is 2. The van der Waals surface area contributed by atoms with Gasteiger partial charge in [0.25, 0.3) is 5.92 Å². The lowest BCUT2D eigenvalue weighted by molar-refractivity contribution is -0.147. The summed E-state index contributed by atoms with van der Waals surface area (Å²) >= 11 is 12.3. The molecular formula is C24H21Cl2F5N4O4. The molecule has 210 valence electrons. The number of aromatic nitrogens is 1. The lowest BCUT2D eigenvalue weighted by Crippen LogP contribution is -2.57. The Kier molecular flexibility index (Phi) is 7.32. The largest absolute Gasteiger partial charge is 0.481 e. The maximum atomic E-state index is 15.0. The molecule has 3 atom stereocenters. The molecule has 0 spiro atoms. The minimum Gasteiger partial charge on any atom is -0.481 e. The number of likely N-dealkylation sites (tertiary alicyclic amines) is 1. The first-order valence-corrected chi connectivity index (χ1v) is 12.2. The number of rotatable bonds is 6. The number of aliphatic carboxylic acids is 1. The predicted octanol–water partition coefficient (Wildman–Crippen LogP) is 5.04. The van der Waals surface area contributed by atoms with Crippen LogP contribution in [0.3, 0.4) is 0 Å². The summed E-state index contributed by atoms with van der Waals surface area (Å²) < 4.78 is 69.4. The molecule has 3 heterocycles. The third-order valence-electron chi connectivity index (χ3n) is 6.99. The summed E-state index contributed by atoms with van der Waals surface area (Å²) in [6.07, 6.45) is -6.67. The van der Waals surface area contributed by atoms with Crippen molar-refractivity contribution in [1.29, 1.82) is 0 Å². The summed E-state index contributed by atoms with van der Waals surface area (Å²) in [7, 11) is 1.14. The van der Waals surface area contributed by atoms with Gasteiger partial charge in [0.1, 0.15) is 17.1 Å². The number of fused-ring (bicyclic) bond motifs is 1. The monoisotopic (exact) mass is 594 g/mol. The number of carboxylic acid groups (broad SMARTS) is 1. The molecule has 0 radical (unpaired) electrons. The van der Waals surface area contributed by atoms with E-state index in [0.29, 0.717) is 6.07 Å². The Morgan fingerprint density at radius 3 is 2.56 bits per heavy atom. The zero-order valence-electron chi connectivity index (χ0n) is 20.3. The van der Waals surface area contributed by atoms with Gasteiger partial charge in [0.2, 0.25) is 11.8 Å². The molecule has 1 aromatic carbocycles. The highest BCUT2D eigenvalue weighted by atomic mass is 35.5. The van der Waals surface area contributed by atoms with Crippen LogP contribution in [-0.4, -0.2) is 58.3 Å². The molecule has 0 saturated carbocycles. The van der Waals surface area contributed by atoms with E-state index < -0.39 is 72.5 Å². The van der Waals surface area contributed by atoms with E-state index in [2.05, 4.69) is 10.3 Å². The summed E-state index contributed by atoms with van der Waals surface area (Å²) in [4.78, 5) is 44.0. The third-order valence-corrected chi connectivity index (χ3v) is 7.50. The zero-order valence-corrected chi connectivity index (χ0v) is 21.8. The van der Waals surface area contributed by atoms with E-state index in [1.54, 1.807) is 0 Å². The molecule has 0 aliphatic carbocycles. The standard InChI is InChI=1S/C24H21Cl2F5N4O4/c1-11(20(38)34(2)17-5-3-4-16(32-17)24(29,30)31)15-8-22(27,28)10-35(15)23(9-18(36)37)13-6-12(25)7-14(26)19(13)33-21(23)39/h3-7,11,15H,8-10H2,1-2H3,(H,33,39)(H,36,37)/t11-,15-,23-/m1/s1. The maximum absolute atomic E-state index is 15.0. The van der Waals surface area contributed by atoms with Crippen molar-refractivity contribution in [3.8, 4) is 0 Å². The Morgan fingerprint density at radius 2 is 1.95 bits per heavy atom. The second-order valence-electron chi connectivity index (χ2n) is 9.52. The molecule has 8 nitrogen and oxygen atoms in total. The van der Waals surface area contributed by atoms with E-state index in [0.717, 1.165) is 29.0 Å². The summed E-state index contributed by atoms with van der Waals surface area (Å²) in [5, 5.41) is 12.2. The van der Waals surface area contributed by atoms with Gasteiger partial charge in [-0.05, 0) is 24.3 Å². The topological polar surface area (TPSA) is 103 Å². The molecule has 39 heavy (non-hydrogen) atoms.